The highest BCUT2D eigenvalue weighted by atomic mass is 16.6. The van der Waals surface area contributed by atoms with Crippen LogP contribution in [-0.4, -0.2) is 66.7 Å². The number of methoxy groups -OCH3 is 1. The first-order valence-electron chi connectivity index (χ1n) is 11.4. The second-order valence-corrected chi connectivity index (χ2v) is 9.68. The molecular weight excluding hydrogens is 394 g/mol. The molecule has 0 aromatic heterocycles. The van der Waals surface area contributed by atoms with Gasteiger partial charge in [0.15, 0.2) is 0 Å². The number of nitrogens with one attached hydrogen (secondary N) is 1. The Morgan fingerprint density at radius 2 is 1.87 bits per heavy atom. The maximum absolute atomic E-state index is 12.8. The Labute approximate surface area is 186 Å². The minimum atomic E-state index is -0.523. The number of hydrogen-bond acceptors (Lipinski definition) is 5. The number of hydrogen-bond donors (Lipinski definition) is 1. The van der Waals surface area contributed by atoms with Crippen molar-refractivity contribution in [1.82, 2.24) is 15.1 Å². The number of benzene rings is 1. The highest BCUT2D eigenvalue weighted by Crippen LogP contribution is 2.21. The van der Waals surface area contributed by atoms with E-state index in [0.29, 0.717) is 13.1 Å². The van der Waals surface area contributed by atoms with Gasteiger partial charge in [0, 0.05) is 38.8 Å². The number of piperidine rings is 2. The molecule has 2 aliphatic rings. The van der Waals surface area contributed by atoms with Gasteiger partial charge in [-0.2, -0.15) is 0 Å². The number of rotatable bonds is 5. The van der Waals surface area contributed by atoms with Gasteiger partial charge in [0.1, 0.15) is 11.4 Å². The van der Waals surface area contributed by atoms with Crippen molar-refractivity contribution in [3.8, 4) is 5.75 Å². The molecule has 0 aliphatic carbocycles. The molecule has 2 aliphatic heterocycles. The van der Waals surface area contributed by atoms with E-state index in [2.05, 4.69) is 22.3 Å². The molecule has 1 N–H and O–H groups in total. The topological polar surface area (TPSA) is 71.1 Å². The Kier molecular flexibility index (Phi) is 7.81. The third-order valence-corrected chi connectivity index (χ3v) is 5.92. The maximum atomic E-state index is 12.8. The van der Waals surface area contributed by atoms with Crippen LogP contribution in [0.3, 0.4) is 0 Å². The maximum Gasteiger partial charge on any atom is 0.410 e. The molecule has 2 amide bonds. The number of nitrogens with zero attached hydrogens (tertiary/aromatic N) is 2. The number of amides is 2. The van der Waals surface area contributed by atoms with Crippen molar-refractivity contribution < 1.29 is 19.1 Å². The van der Waals surface area contributed by atoms with Crippen LogP contribution >= 0.6 is 0 Å². The first-order chi connectivity index (χ1) is 14.7. The molecule has 0 saturated carbocycles. The van der Waals surface area contributed by atoms with Crippen LogP contribution in [0.25, 0.3) is 0 Å². The molecular formula is C24H37N3O4. The van der Waals surface area contributed by atoms with Crippen molar-refractivity contribution >= 4 is 12.0 Å². The van der Waals surface area contributed by atoms with E-state index in [1.807, 2.05) is 32.9 Å². The lowest BCUT2D eigenvalue weighted by atomic mass is 9.96. The summed E-state index contributed by atoms with van der Waals surface area (Å²) in [4.78, 5) is 29.3. The first kappa shape index (κ1) is 23.4. The summed E-state index contributed by atoms with van der Waals surface area (Å²) in [6, 6.07) is 8.38. The van der Waals surface area contributed by atoms with Crippen LogP contribution in [0.1, 0.15) is 52.0 Å². The Balaban J connectivity index is 1.43. The highest BCUT2D eigenvalue weighted by Gasteiger charge is 2.32. The van der Waals surface area contributed by atoms with E-state index in [1.165, 1.54) is 5.56 Å². The molecule has 2 heterocycles. The molecule has 2 saturated heterocycles. The van der Waals surface area contributed by atoms with E-state index >= 15 is 0 Å². The third-order valence-electron chi connectivity index (χ3n) is 5.92. The average Bonchev–Trinajstić information content (AvgIpc) is 2.74. The summed E-state index contributed by atoms with van der Waals surface area (Å²) in [6.45, 7) is 9.48. The van der Waals surface area contributed by atoms with E-state index in [0.717, 1.165) is 51.1 Å². The first-order valence-corrected chi connectivity index (χ1v) is 11.4. The zero-order chi connectivity index (χ0) is 22.4. The normalized spacial score (nSPS) is 20.9. The second-order valence-electron chi connectivity index (χ2n) is 9.68. The monoisotopic (exact) mass is 431 g/mol. The Bertz CT molecular complexity index is 753. The predicted molar refractivity (Wildman–Crippen MR) is 120 cm³/mol. The van der Waals surface area contributed by atoms with Gasteiger partial charge in [-0.3, -0.25) is 9.69 Å². The molecule has 0 spiro atoms. The zero-order valence-electron chi connectivity index (χ0n) is 19.4. The number of likely N-dealkylation sites (tertiary alicyclic amines) is 2. The van der Waals surface area contributed by atoms with E-state index in [9.17, 15) is 9.59 Å². The van der Waals surface area contributed by atoms with E-state index in [1.54, 1.807) is 12.0 Å². The largest absolute Gasteiger partial charge is 0.497 e. The van der Waals surface area contributed by atoms with Crippen LogP contribution in [0.2, 0.25) is 0 Å². The summed E-state index contributed by atoms with van der Waals surface area (Å²) in [7, 11) is 1.69. The minimum absolute atomic E-state index is 0.0690. The molecule has 172 valence electrons. The second kappa shape index (κ2) is 10.4. The summed E-state index contributed by atoms with van der Waals surface area (Å²) in [6.07, 6.45) is 3.21. The van der Waals surface area contributed by atoms with Crippen LogP contribution in [0.15, 0.2) is 24.3 Å². The van der Waals surface area contributed by atoms with E-state index < -0.39 is 5.60 Å². The lowest BCUT2D eigenvalue weighted by Crippen LogP contribution is -2.50. The van der Waals surface area contributed by atoms with Crippen LogP contribution in [0.4, 0.5) is 4.79 Å². The van der Waals surface area contributed by atoms with Crippen molar-refractivity contribution in [2.45, 2.75) is 64.6 Å². The van der Waals surface area contributed by atoms with Gasteiger partial charge >= 0.3 is 6.09 Å². The summed E-state index contributed by atoms with van der Waals surface area (Å²) in [5, 5.41) is 3.23. The Morgan fingerprint density at radius 1 is 1.13 bits per heavy atom. The van der Waals surface area contributed by atoms with Crippen LogP contribution < -0.4 is 10.1 Å². The van der Waals surface area contributed by atoms with Crippen molar-refractivity contribution in [3.05, 3.63) is 29.8 Å². The van der Waals surface area contributed by atoms with Gasteiger partial charge in [-0.25, -0.2) is 4.79 Å². The highest BCUT2D eigenvalue weighted by molar-refractivity contribution is 5.80. The van der Waals surface area contributed by atoms with Crippen molar-refractivity contribution in [3.63, 3.8) is 0 Å². The summed E-state index contributed by atoms with van der Waals surface area (Å²) in [5.74, 6) is 0.795. The fourth-order valence-corrected chi connectivity index (χ4v) is 4.27. The van der Waals surface area contributed by atoms with E-state index in [4.69, 9.17) is 9.47 Å². The molecule has 3 rings (SSSR count). The lowest BCUT2D eigenvalue weighted by Gasteiger charge is -2.36. The quantitative estimate of drug-likeness (QED) is 0.774. The Hall–Kier alpha value is -2.28. The predicted octanol–water partition coefficient (Wildman–Crippen LogP) is 3.42. The summed E-state index contributed by atoms with van der Waals surface area (Å²) < 4.78 is 10.8. The fourth-order valence-electron chi connectivity index (χ4n) is 4.27. The van der Waals surface area contributed by atoms with Crippen LogP contribution in [0.5, 0.6) is 5.75 Å². The summed E-state index contributed by atoms with van der Waals surface area (Å²) in [5.41, 5.74) is 0.719. The standard InChI is InChI=1S/C24H37N3O4/c1-24(2,3)31-23(29)27-12-6-8-19(17-27)22(28)25-20-10-13-26(14-11-20)16-18-7-5-9-21(15-18)30-4/h5,7,9,15,19-20H,6,8,10-14,16-17H2,1-4H3,(H,25,28). The molecule has 0 bridgehead atoms. The van der Waals surface area contributed by atoms with Gasteiger partial charge in [0.25, 0.3) is 0 Å². The molecule has 7 nitrogen and oxygen atoms in total. The SMILES string of the molecule is COc1cccc(CN2CCC(NC(=O)C3CCCN(C(=O)OC(C)(C)C)C3)CC2)c1. The van der Waals surface area contributed by atoms with Gasteiger partial charge in [-0.05, 0) is 64.2 Å². The Morgan fingerprint density at radius 3 is 2.55 bits per heavy atom. The molecule has 1 aromatic carbocycles. The van der Waals surface area contributed by atoms with Gasteiger partial charge in [0.05, 0.1) is 13.0 Å². The van der Waals surface area contributed by atoms with Gasteiger partial charge in [-0.15, -0.1) is 0 Å². The fraction of sp³-hybridized carbons (Fsp3) is 0.667. The molecule has 1 atom stereocenters. The molecule has 31 heavy (non-hydrogen) atoms. The lowest BCUT2D eigenvalue weighted by molar-refractivity contribution is -0.127. The van der Waals surface area contributed by atoms with Gasteiger partial charge in [-0.1, -0.05) is 12.1 Å². The van der Waals surface area contributed by atoms with Crippen molar-refractivity contribution in [2.75, 3.05) is 33.3 Å². The van der Waals surface area contributed by atoms with Crippen LogP contribution in [-0.2, 0) is 16.1 Å². The molecule has 7 heteroatoms. The molecule has 2 fully saturated rings. The molecule has 0 radical (unpaired) electrons. The zero-order valence-corrected chi connectivity index (χ0v) is 19.4. The number of carbonyl (C=O) groups excluding carboxylic acids is 2. The van der Waals surface area contributed by atoms with Gasteiger partial charge in [0.2, 0.25) is 5.91 Å². The summed E-state index contributed by atoms with van der Waals surface area (Å²) >= 11 is 0. The average molecular weight is 432 g/mol. The third kappa shape index (κ3) is 7.13. The smallest absolute Gasteiger partial charge is 0.410 e. The minimum Gasteiger partial charge on any atom is -0.497 e. The van der Waals surface area contributed by atoms with Crippen molar-refractivity contribution in [2.24, 2.45) is 5.92 Å². The van der Waals surface area contributed by atoms with E-state index in [-0.39, 0.29) is 24.0 Å². The van der Waals surface area contributed by atoms with Crippen molar-refractivity contribution in [1.29, 1.82) is 0 Å². The molecule has 1 unspecified atom stereocenters. The van der Waals surface area contributed by atoms with Gasteiger partial charge < -0.3 is 19.7 Å². The number of carbonyl (C=O) groups is 2. The van der Waals surface area contributed by atoms with Crippen LogP contribution in [0, 0.1) is 5.92 Å². The molecule has 1 aromatic rings. The number of ether oxygens (including phenoxy) is 2.